The second-order valence-corrected chi connectivity index (χ2v) is 11.5. The molecule has 17 heavy (non-hydrogen) atoms. The molecule has 0 fully saturated rings. The van der Waals surface area contributed by atoms with E-state index in [1.165, 1.54) is 0 Å². The highest BCUT2D eigenvalue weighted by atomic mass is 79.9. The predicted octanol–water partition coefficient (Wildman–Crippen LogP) is 5.07. The van der Waals surface area contributed by atoms with E-state index in [4.69, 9.17) is 21.8 Å². The van der Waals surface area contributed by atoms with Gasteiger partial charge in [0.05, 0.1) is 9.50 Å². The van der Waals surface area contributed by atoms with Crippen LogP contribution in [0.3, 0.4) is 0 Å². The molecule has 1 rings (SSSR count). The molecule has 0 amide bonds. The van der Waals surface area contributed by atoms with Gasteiger partial charge >= 0.3 is 0 Å². The van der Waals surface area contributed by atoms with Crippen molar-refractivity contribution in [1.82, 2.24) is 0 Å². The van der Waals surface area contributed by atoms with Crippen molar-refractivity contribution >= 4 is 41.5 Å². The van der Waals surface area contributed by atoms with Gasteiger partial charge in [-0.2, -0.15) is 0 Å². The van der Waals surface area contributed by atoms with E-state index in [0.29, 0.717) is 20.9 Å². The number of hydrogen-bond donors (Lipinski definition) is 1. The van der Waals surface area contributed by atoms with Gasteiger partial charge in [-0.05, 0) is 46.2 Å². The number of benzene rings is 1. The molecule has 0 atom stereocenters. The molecule has 0 unspecified atom stereocenters. The first-order chi connectivity index (χ1) is 7.56. The quantitative estimate of drug-likeness (QED) is 0.604. The van der Waals surface area contributed by atoms with Gasteiger partial charge in [0.2, 0.25) is 0 Å². The Morgan fingerprint density at radius 2 is 1.82 bits per heavy atom. The molecule has 1 aromatic carbocycles. The van der Waals surface area contributed by atoms with E-state index < -0.39 is 8.32 Å². The molecule has 0 aromatic heterocycles. The van der Waals surface area contributed by atoms with Gasteiger partial charge in [0.1, 0.15) is 5.75 Å². The van der Waals surface area contributed by atoms with E-state index >= 15 is 0 Å². The fraction of sp³-hybridized carbons (Fsp3) is 0.500. The summed E-state index contributed by atoms with van der Waals surface area (Å²) in [5.41, 5.74) is 6.39. The van der Waals surface area contributed by atoms with Gasteiger partial charge in [-0.3, -0.25) is 0 Å². The van der Waals surface area contributed by atoms with Crippen molar-refractivity contribution in [2.45, 2.75) is 38.9 Å². The zero-order valence-corrected chi connectivity index (χ0v) is 14.2. The third-order valence-corrected chi connectivity index (χ3v) is 9.05. The summed E-state index contributed by atoms with van der Waals surface area (Å²) in [7, 11) is -1.86. The summed E-state index contributed by atoms with van der Waals surface area (Å²) < 4.78 is 6.86. The Kier molecular flexibility index (Phi) is 4.22. The van der Waals surface area contributed by atoms with Crippen LogP contribution in [0.5, 0.6) is 5.75 Å². The average Bonchev–Trinajstić information content (AvgIpc) is 2.17. The molecule has 0 aliphatic carbocycles. The number of rotatable bonds is 2. The number of halogens is 2. The highest BCUT2D eigenvalue weighted by molar-refractivity contribution is 9.10. The van der Waals surface area contributed by atoms with Crippen LogP contribution in [-0.2, 0) is 0 Å². The van der Waals surface area contributed by atoms with Crippen LogP contribution >= 0.6 is 27.5 Å². The molecule has 5 heteroatoms. The summed E-state index contributed by atoms with van der Waals surface area (Å²) in [4.78, 5) is 0. The van der Waals surface area contributed by atoms with E-state index in [2.05, 4.69) is 49.8 Å². The maximum Gasteiger partial charge on any atom is 0.250 e. The lowest BCUT2D eigenvalue weighted by molar-refractivity contribution is 0.492. The number of nitrogens with two attached hydrogens (primary N) is 1. The summed E-state index contributed by atoms with van der Waals surface area (Å²) in [5.74, 6) is 0.708. The molecule has 0 heterocycles. The summed E-state index contributed by atoms with van der Waals surface area (Å²) >= 11 is 9.59. The molecule has 0 radical (unpaired) electrons. The van der Waals surface area contributed by atoms with Crippen LogP contribution in [0.2, 0.25) is 23.2 Å². The van der Waals surface area contributed by atoms with E-state index in [9.17, 15) is 0 Å². The molecular formula is C12H19BrClNOSi. The summed E-state index contributed by atoms with van der Waals surface area (Å²) in [6.45, 7) is 11.0. The highest BCUT2D eigenvalue weighted by Gasteiger charge is 2.39. The third-order valence-electron chi connectivity index (χ3n) is 3.25. The number of hydrogen-bond acceptors (Lipinski definition) is 2. The lowest BCUT2D eigenvalue weighted by Crippen LogP contribution is -2.43. The maximum absolute atomic E-state index is 6.22. The van der Waals surface area contributed by atoms with Gasteiger partial charge < -0.3 is 10.2 Å². The first-order valence-corrected chi connectivity index (χ1v) is 9.56. The van der Waals surface area contributed by atoms with Crippen molar-refractivity contribution in [3.8, 4) is 5.75 Å². The van der Waals surface area contributed by atoms with Crippen molar-refractivity contribution in [3.63, 3.8) is 0 Å². The minimum absolute atomic E-state index is 0.143. The molecule has 2 nitrogen and oxygen atoms in total. The minimum atomic E-state index is -1.86. The standard InChI is InChI=1S/C12H19BrClNOSi/c1-12(2,3)17(4,5)16-9-7-6-8(15)10(13)11(9)14/h6-7H,15H2,1-5H3. The highest BCUT2D eigenvalue weighted by Crippen LogP contribution is 2.42. The maximum atomic E-state index is 6.22. The Bertz CT molecular complexity index is 429. The van der Waals surface area contributed by atoms with Crippen molar-refractivity contribution in [2.75, 3.05) is 5.73 Å². The predicted molar refractivity (Wildman–Crippen MR) is 81.4 cm³/mol. The van der Waals surface area contributed by atoms with Crippen LogP contribution in [-0.4, -0.2) is 8.32 Å². The van der Waals surface area contributed by atoms with E-state index in [0.717, 1.165) is 0 Å². The third kappa shape index (κ3) is 3.17. The van der Waals surface area contributed by atoms with E-state index in [1.807, 2.05) is 6.07 Å². The van der Waals surface area contributed by atoms with Crippen LogP contribution in [0.25, 0.3) is 0 Å². The van der Waals surface area contributed by atoms with Gasteiger partial charge in [-0.15, -0.1) is 0 Å². The Morgan fingerprint density at radius 3 is 2.29 bits per heavy atom. The molecule has 0 aliphatic rings. The summed E-state index contributed by atoms with van der Waals surface area (Å²) in [6, 6.07) is 3.64. The van der Waals surface area contributed by atoms with Gasteiger partial charge in [0, 0.05) is 5.69 Å². The van der Waals surface area contributed by atoms with Gasteiger partial charge in [0.25, 0.3) is 8.32 Å². The lowest BCUT2D eigenvalue weighted by atomic mass is 10.2. The van der Waals surface area contributed by atoms with Gasteiger partial charge in [-0.25, -0.2) is 0 Å². The minimum Gasteiger partial charge on any atom is -0.542 e. The van der Waals surface area contributed by atoms with Crippen molar-refractivity contribution in [2.24, 2.45) is 0 Å². The van der Waals surface area contributed by atoms with Crippen LogP contribution < -0.4 is 10.2 Å². The van der Waals surface area contributed by atoms with Crippen LogP contribution in [0.15, 0.2) is 16.6 Å². The average molecular weight is 337 g/mol. The molecule has 1 aromatic rings. The van der Waals surface area contributed by atoms with Gasteiger partial charge in [-0.1, -0.05) is 32.4 Å². The Balaban J connectivity index is 3.09. The SMILES string of the molecule is CC(C)(C)[Si](C)(C)Oc1ccc(N)c(Br)c1Cl. The van der Waals surface area contributed by atoms with Gasteiger partial charge in [0.15, 0.2) is 0 Å². The molecule has 0 saturated carbocycles. The zero-order chi connectivity index (χ0) is 13.4. The van der Waals surface area contributed by atoms with Crippen molar-refractivity contribution in [1.29, 1.82) is 0 Å². The number of anilines is 1. The molecule has 0 saturated heterocycles. The van der Waals surface area contributed by atoms with Crippen molar-refractivity contribution < 1.29 is 4.43 Å². The fourth-order valence-corrected chi connectivity index (χ4v) is 2.68. The summed E-state index contributed by atoms with van der Waals surface area (Å²) in [5, 5.41) is 0.694. The zero-order valence-electron chi connectivity index (χ0n) is 10.9. The molecule has 0 aliphatic heterocycles. The largest absolute Gasteiger partial charge is 0.542 e. The lowest BCUT2D eigenvalue weighted by Gasteiger charge is -2.36. The normalized spacial score (nSPS) is 12.6. The molecule has 0 spiro atoms. The molecular weight excluding hydrogens is 318 g/mol. The molecule has 0 bridgehead atoms. The number of nitrogen functional groups attached to an aromatic ring is 1. The van der Waals surface area contributed by atoms with Crippen LogP contribution in [0, 0.1) is 0 Å². The monoisotopic (exact) mass is 335 g/mol. The second kappa shape index (κ2) is 4.82. The first kappa shape index (κ1) is 14.9. The first-order valence-electron chi connectivity index (χ1n) is 5.49. The van der Waals surface area contributed by atoms with E-state index in [-0.39, 0.29) is 5.04 Å². The molecule has 2 N–H and O–H groups in total. The second-order valence-electron chi connectivity index (χ2n) is 5.64. The smallest absolute Gasteiger partial charge is 0.250 e. The van der Waals surface area contributed by atoms with E-state index in [1.54, 1.807) is 6.07 Å². The van der Waals surface area contributed by atoms with Crippen molar-refractivity contribution in [3.05, 3.63) is 21.6 Å². The van der Waals surface area contributed by atoms with Crippen LogP contribution in [0.1, 0.15) is 20.8 Å². The Hall–Kier alpha value is -0.193. The summed E-state index contributed by atoms with van der Waals surface area (Å²) in [6.07, 6.45) is 0. The Morgan fingerprint density at radius 1 is 1.29 bits per heavy atom. The topological polar surface area (TPSA) is 35.2 Å². The Labute approximate surface area is 118 Å². The molecule has 96 valence electrons. The van der Waals surface area contributed by atoms with Crippen LogP contribution in [0.4, 0.5) is 5.69 Å². The fourth-order valence-electron chi connectivity index (χ4n) is 1.05.